The van der Waals surface area contributed by atoms with E-state index in [4.69, 9.17) is 10.5 Å². The maximum Gasteiger partial charge on any atom is 0.274 e. The van der Waals surface area contributed by atoms with Gasteiger partial charge in [0.25, 0.3) is 5.91 Å². The van der Waals surface area contributed by atoms with Crippen molar-refractivity contribution < 1.29 is 13.9 Å². The summed E-state index contributed by atoms with van der Waals surface area (Å²) >= 11 is 0. The smallest absolute Gasteiger partial charge is 0.274 e. The molecule has 0 radical (unpaired) electrons. The normalized spacial score (nSPS) is 16.9. The third-order valence-electron chi connectivity index (χ3n) is 7.15. The number of aromatic nitrogens is 4. The number of carbonyl (C=O) groups is 1. The van der Waals surface area contributed by atoms with Crippen LogP contribution in [0.4, 0.5) is 10.1 Å². The number of nitrogens with one attached hydrogen (secondary N) is 1. The zero-order valence-electron chi connectivity index (χ0n) is 21.7. The van der Waals surface area contributed by atoms with Crippen molar-refractivity contribution in [3.8, 4) is 34.5 Å². The maximum atomic E-state index is 14.6. The van der Waals surface area contributed by atoms with E-state index in [1.807, 2.05) is 18.2 Å². The molecule has 1 aliphatic rings. The van der Waals surface area contributed by atoms with Crippen LogP contribution in [-0.4, -0.2) is 38.8 Å². The third-order valence-corrected chi connectivity index (χ3v) is 7.15. The van der Waals surface area contributed by atoms with Crippen LogP contribution >= 0.6 is 0 Å². The first-order valence-electron chi connectivity index (χ1n) is 12.7. The van der Waals surface area contributed by atoms with Gasteiger partial charge in [0.15, 0.2) is 5.82 Å². The second kappa shape index (κ2) is 11.0. The highest BCUT2D eigenvalue weighted by Crippen LogP contribution is 2.39. The number of hydrogen-bond acceptors (Lipinski definition) is 7. The molecule has 3 N–H and O–H groups in total. The highest BCUT2D eigenvalue weighted by atomic mass is 19.1. The average molecular weight is 526 g/mol. The molecule has 1 amide bonds. The molecule has 0 aliphatic heterocycles. The van der Waals surface area contributed by atoms with E-state index in [0.29, 0.717) is 16.9 Å². The lowest BCUT2D eigenvalue weighted by atomic mass is 9.80. The van der Waals surface area contributed by atoms with Crippen LogP contribution in [0.1, 0.15) is 53.2 Å². The van der Waals surface area contributed by atoms with Crippen LogP contribution in [0.2, 0.25) is 0 Å². The van der Waals surface area contributed by atoms with Crippen LogP contribution in [0.5, 0.6) is 5.75 Å². The number of aryl methyl sites for hydroxylation is 1. The zero-order valence-corrected chi connectivity index (χ0v) is 21.7. The Hall–Kier alpha value is -4.62. The molecule has 1 saturated carbocycles. The first-order chi connectivity index (χ1) is 18.9. The Morgan fingerprint density at radius 2 is 2.00 bits per heavy atom. The van der Waals surface area contributed by atoms with E-state index in [0.717, 1.165) is 36.8 Å². The molecule has 4 aromatic rings. The summed E-state index contributed by atoms with van der Waals surface area (Å²) in [5, 5.41) is 16.8. The topological polar surface area (TPSA) is 132 Å². The number of nitrogens with zero attached hydrogens (tertiary/aromatic N) is 5. The summed E-state index contributed by atoms with van der Waals surface area (Å²) in [5.41, 5.74) is 9.97. The summed E-state index contributed by atoms with van der Waals surface area (Å²) in [6.07, 6.45) is 6.50. The summed E-state index contributed by atoms with van der Waals surface area (Å²) in [7, 11) is 3.23. The molecule has 0 unspecified atom stereocenters. The summed E-state index contributed by atoms with van der Waals surface area (Å²) in [6.45, 7) is 0. The number of nitriles is 1. The fraction of sp³-hybridized carbons (Fsp3) is 0.276. The van der Waals surface area contributed by atoms with Crippen molar-refractivity contribution in [1.82, 2.24) is 19.7 Å². The molecule has 0 spiro atoms. The van der Waals surface area contributed by atoms with Gasteiger partial charge in [-0.05, 0) is 67.5 Å². The number of anilines is 1. The first-order valence-corrected chi connectivity index (χ1v) is 12.7. The van der Waals surface area contributed by atoms with Crippen LogP contribution in [0, 0.1) is 17.1 Å². The molecule has 9 nitrogen and oxygen atoms in total. The standard InChI is InChI=1S/C29H28FN7O2/c1-37-27(19(15-31)16-34-37)18-8-11-23(21(14-18)17-6-9-20(32)10-7-17)36-29(38)24-12-13-33-28(35-24)26-22(30)4-3-5-25(26)39-2/h3-5,8,11-14,16-17,20H,6-7,9-10,32H2,1-2H3,(H,36,38)/t17-,20+. The van der Waals surface area contributed by atoms with Gasteiger partial charge in [-0.15, -0.1) is 0 Å². The van der Waals surface area contributed by atoms with Crippen molar-refractivity contribution in [3.05, 3.63) is 77.5 Å². The minimum absolute atomic E-state index is 0.0506. The molecule has 10 heteroatoms. The molecule has 2 heterocycles. The van der Waals surface area contributed by atoms with E-state index >= 15 is 0 Å². The number of amides is 1. The Morgan fingerprint density at radius 1 is 1.21 bits per heavy atom. The minimum Gasteiger partial charge on any atom is -0.496 e. The monoisotopic (exact) mass is 525 g/mol. The lowest BCUT2D eigenvalue weighted by molar-refractivity contribution is 0.102. The van der Waals surface area contributed by atoms with Crippen LogP contribution in [0.25, 0.3) is 22.6 Å². The fourth-order valence-corrected chi connectivity index (χ4v) is 5.14. The number of ether oxygens (including phenoxy) is 1. The van der Waals surface area contributed by atoms with Gasteiger partial charge in [-0.25, -0.2) is 14.4 Å². The van der Waals surface area contributed by atoms with Gasteiger partial charge in [0.2, 0.25) is 0 Å². The Balaban J connectivity index is 1.50. The molecule has 1 aliphatic carbocycles. The molecular formula is C29H28FN7O2. The molecule has 198 valence electrons. The number of carbonyl (C=O) groups excluding carboxylic acids is 1. The van der Waals surface area contributed by atoms with Crippen LogP contribution in [-0.2, 0) is 7.05 Å². The number of hydrogen-bond donors (Lipinski definition) is 2. The molecule has 39 heavy (non-hydrogen) atoms. The van der Waals surface area contributed by atoms with E-state index in [-0.39, 0.29) is 34.8 Å². The number of halogens is 1. The highest BCUT2D eigenvalue weighted by molar-refractivity contribution is 6.03. The fourth-order valence-electron chi connectivity index (χ4n) is 5.14. The predicted molar refractivity (Wildman–Crippen MR) is 144 cm³/mol. The van der Waals surface area contributed by atoms with Crippen molar-refractivity contribution in [2.75, 3.05) is 12.4 Å². The summed E-state index contributed by atoms with van der Waals surface area (Å²) in [6, 6.07) is 14.0. The van der Waals surface area contributed by atoms with Crippen LogP contribution < -0.4 is 15.8 Å². The van der Waals surface area contributed by atoms with Gasteiger partial charge >= 0.3 is 0 Å². The van der Waals surface area contributed by atoms with Gasteiger partial charge < -0.3 is 15.8 Å². The van der Waals surface area contributed by atoms with Gasteiger partial charge in [0, 0.05) is 30.5 Å². The molecule has 5 rings (SSSR count). The van der Waals surface area contributed by atoms with Gasteiger partial charge in [-0.2, -0.15) is 10.4 Å². The van der Waals surface area contributed by atoms with Gasteiger partial charge in [-0.3, -0.25) is 9.48 Å². The van der Waals surface area contributed by atoms with E-state index in [1.54, 1.807) is 24.0 Å². The first kappa shape index (κ1) is 26.0. The van der Waals surface area contributed by atoms with E-state index < -0.39 is 11.7 Å². The van der Waals surface area contributed by atoms with Gasteiger partial charge in [-0.1, -0.05) is 12.1 Å². The second-order valence-electron chi connectivity index (χ2n) is 9.59. The Morgan fingerprint density at radius 3 is 2.74 bits per heavy atom. The predicted octanol–water partition coefficient (Wildman–Crippen LogP) is 4.80. The van der Waals surface area contributed by atoms with E-state index in [2.05, 4.69) is 26.5 Å². The van der Waals surface area contributed by atoms with Crippen molar-refractivity contribution in [2.24, 2.45) is 12.8 Å². The zero-order chi connectivity index (χ0) is 27.5. The molecule has 0 bridgehead atoms. The largest absolute Gasteiger partial charge is 0.496 e. The van der Waals surface area contributed by atoms with Crippen molar-refractivity contribution in [3.63, 3.8) is 0 Å². The highest BCUT2D eigenvalue weighted by Gasteiger charge is 2.25. The third kappa shape index (κ3) is 5.22. The molecule has 2 aromatic carbocycles. The van der Waals surface area contributed by atoms with Crippen molar-refractivity contribution in [2.45, 2.75) is 37.6 Å². The SMILES string of the molecule is COc1cccc(F)c1-c1nccc(C(=O)Nc2ccc(-c3c(C#N)cnn3C)cc2[C@H]2CC[C@@H](N)CC2)n1. The van der Waals surface area contributed by atoms with Gasteiger partial charge in [0.1, 0.15) is 23.3 Å². The van der Waals surface area contributed by atoms with E-state index in [9.17, 15) is 14.4 Å². The minimum atomic E-state index is -0.549. The lowest BCUT2D eigenvalue weighted by Crippen LogP contribution is -2.26. The van der Waals surface area contributed by atoms with Crippen LogP contribution in [0.15, 0.2) is 54.9 Å². The second-order valence-corrected chi connectivity index (χ2v) is 9.59. The quantitative estimate of drug-likeness (QED) is 0.370. The summed E-state index contributed by atoms with van der Waals surface area (Å²) in [5.74, 6) is -0.495. The Labute approximate surface area is 225 Å². The number of benzene rings is 2. The van der Waals surface area contributed by atoms with Crippen molar-refractivity contribution in [1.29, 1.82) is 5.26 Å². The molecular weight excluding hydrogens is 497 g/mol. The Bertz CT molecular complexity index is 1570. The molecule has 0 atom stereocenters. The summed E-state index contributed by atoms with van der Waals surface area (Å²) in [4.78, 5) is 21.9. The van der Waals surface area contributed by atoms with E-state index in [1.165, 1.54) is 31.5 Å². The molecule has 0 saturated heterocycles. The number of nitrogens with two attached hydrogens (primary N) is 1. The molecule has 1 fully saturated rings. The summed E-state index contributed by atoms with van der Waals surface area (Å²) < 4.78 is 21.6. The number of rotatable bonds is 6. The lowest BCUT2D eigenvalue weighted by Gasteiger charge is -2.28. The maximum absolute atomic E-state index is 14.6. The van der Waals surface area contributed by atoms with Crippen LogP contribution in [0.3, 0.4) is 0 Å². The Kier molecular flexibility index (Phi) is 7.34. The molecule has 2 aromatic heterocycles. The average Bonchev–Trinajstić information content (AvgIpc) is 3.33. The van der Waals surface area contributed by atoms with Crippen molar-refractivity contribution >= 4 is 11.6 Å². The number of methoxy groups -OCH3 is 1. The van der Waals surface area contributed by atoms with Gasteiger partial charge in [0.05, 0.1) is 30.1 Å².